The number of amides is 2. The van der Waals surface area contributed by atoms with E-state index in [1.54, 1.807) is 48.5 Å². The van der Waals surface area contributed by atoms with Crippen molar-refractivity contribution < 1.29 is 9.59 Å². The van der Waals surface area contributed by atoms with E-state index in [9.17, 15) is 9.59 Å². The Morgan fingerprint density at radius 3 is 2.19 bits per heavy atom. The Kier molecular flexibility index (Phi) is 5.34. The molecule has 0 atom stereocenters. The fourth-order valence-electron chi connectivity index (χ4n) is 2.50. The van der Waals surface area contributed by atoms with Crippen LogP contribution in [0.2, 0.25) is 5.02 Å². The molecule has 0 aliphatic rings. The highest BCUT2D eigenvalue weighted by atomic mass is 35.5. The highest BCUT2D eigenvalue weighted by Gasteiger charge is 2.11. The zero-order valence-electron chi connectivity index (χ0n) is 14.1. The molecule has 3 aromatic carbocycles. The Morgan fingerprint density at radius 2 is 1.50 bits per heavy atom. The largest absolute Gasteiger partial charge is 0.322 e. The number of nitrogens with one attached hydrogen (secondary N) is 2. The van der Waals surface area contributed by atoms with E-state index in [2.05, 4.69) is 10.6 Å². The maximum Gasteiger partial charge on any atom is 0.255 e. The summed E-state index contributed by atoms with van der Waals surface area (Å²) in [6, 6.07) is 21.2. The summed E-state index contributed by atoms with van der Waals surface area (Å²) in [6.07, 6.45) is 0. The molecule has 2 amide bonds. The maximum absolute atomic E-state index is 12.4. The molecular formula is C21H17ClN2O2. The topological polar surface area (TPSA) is 58.2 Å². The van der Waals surface area contributed by atoms with Gasteiger partial charge in [0.2, 0.25) is 0 Å². The Labute approximate surface area is 156 Å². The maximum atomic E-state index is 12.4. The molecule has 0 saturated carbocycles. The van der Waals surface area contributed by atoms with E-state index in [4.69, 9.17) is 11.6 Å². The summed E-state index contributed by atoms with van der Waals surface area (Å²) in [5.74, 6) is -0.454. The van der Waals surface area contributed by atoms with Crippen LogP contribution in [-0.4, -0.2) is 11.8 Å². The molecule has 5 heteroatoms. The lowest BCUT2D eigenvalue weighted by atomic mass is 10.1. The molecular weight excluding hydrogens is 348 g/mol. The molecule has 0 bridgehead atoms. The van der Waals surface area contributed by atoms with Crippen molar-refractivity contribution in [2.75, 3.05) is 10.6 Å². The van der Waals surface area contributed by atoms with Gasteiger partial charge in [0.05, 0.1) is 10.7 Å². The second-order valence-corrected chi connectivity index (χ2v) is 6.19. The normalized spacial score (nSPS) is 10.2. The quantitative estimate of drug-likeness (QED) is 0.672. The van der Waals surface area contributed by atoms with Crippen molar-refractivity contribution >= 4 is 34.8 Å². The van der Waals surface area contributed by atoms with Crippen LogP contribution in [0.3, 0.4) is 0 Å². The molecule has 3 aromatic rings. The number of hydrogen-bond acceptors (Lipinski definition) is 2. The third-order valence-corrected chi connectivity index (χ3v) is 4.21. The van der Waals surface area contributed by atoms with Crippen LogP contribution >= 0.6 is 11.6 Å². The molecule has 26 heavy (non-hydrogen) atoms. The van der Waals surface area contributed by atoms with E-state index in [1.165, 1.54) is 0 Å². The first kappa shape index (κ1) is 17.7. The number of anilines is 2. The first-order valence-electron chi connectivity index (χ1n) is 8.07. The lowest BCUT2D eigenvalue weighted by Gasteiger charge is -2.11. The van der Waals surface area contributed by atoms with Crippen LogP contribution in [0, 0.1) is 6.92 Å². The monoisotopic (exact) mass is 364 g/mol. The Hall–Kier alpha value is -3.11. The van der Waals surface area contributed by atoms with E-state index in [0.717, 1.165) is 5.56 Å². The summed E-state index contributed by atoms with van der Waals surface area (Å²) in [7, 11) is 0. The summed E-state index contributed by atoms with van der Waals surface area (Å²) in [6.45, 7) is 1.88. The Morgan fingerprint density at radius 1 is 0.808 bits per heavy atom. The van der Waals surface area contributed by atoms with Crippen LogP contribution < -0.4 is 10.6 Å². The zero-order valence-corrected chi connectivity index (χ0v) is 14.9. The SMILES string of the molecule is Cc1ccccc1C(=O)Nc1ccc(NC(=O)c2ccccc2)c(Cl)c1. The van der Waals surface area contributed by atoms with Crippen molar-refractivity contribution in [3.8, 4) is 0 Å². The summed E-state index contributed by atoms with van der Waals surface area (Å²) in [4.78, 5) is 24.6. The molecule has 0 saturated heterocycles. The molecule has 0 aromatic heterocycles. The fraction of sp³-hybridized carbons (Fsp3) is 0.0476. The summed E-state index contributed by atoms with van der Waals surface area (Å²) in [5, 5.41) is 5.92. The number of halogens is 1. The lowest BCUT2D eigenvalue weighted by Crippen LogP contribution is -2.14. The minimum Gasteiger partial charge on any atom is -0.322 e. The van der Waals surface area contributed by atoms with E-state index in [-0.39, 0.29) is 11.8 Å². The number of hydrogen-bond donors (Lipinski definition) is 2. The predicted octanol–water partition coefficient (Wildman–Crippen LogP) is 5.15. The number of rotatable bonds is 4. The molecule has 2 N–H and O–H groups in total. The highest BCUT2D eigenvalue weighted by molar-refractivity contribution is 6.34. The van der Waals surface area contributed by atoms with Crippen LogP contribution in [0.5, 0.6) is 0 Å². The molecule has 0 aliphatic carbocycles. The molecule has 130 valence electrons. The van der Waals surface area contributed by atoms with Crippen molar-refractivity contribution in [2.45, 2.75) is 6.92 Å². The van der Waals surface area contributed by atoms with Gasteiger partial charge in [0, 0.05) is 16.8 Å². The van der Waals surface area contributed by atoms with Crippen molar-refractivity contribution in [2.24, 2.45) is 0 Å². The fourth-order valence-corrected chi connectivity index (χ4v) is 2.73. The summed E-state index contributed by atoms with van der Waals surface area (Å²) < 4.78 is 0. The third kappa shape index (κ3) is 4.10. The van der Waals surface area contributed by atoms with Crippen molar-refractivity contribution in [3.05, 3.63) is 94.5 Å². The minimum atomic E-state index is -0.246. The standard InChI is InChI=1S/C21H17ClN2O2/c1-14-7-5-6-10-17(14)21(26)23-16-11-12-19(18(22)13-16)24-20(25)15-8-3-2-4-9-15/h2-13H,1H3,(H,23,26)(H,24,25). The molecule has 0 heterocycles. The summed E-state index contributed by atoms with van der Waals surface area (Å²) >= 11 is 6.26. The highest BCUT2D eigenvalue weighted by Crippen LogP contribution is 2.26. The van der Waals surface area contributed by atoms with E-state index >= 15 is 0 Å². The van der Waals surface area contributed by atoms with Crippen molar-refractivity contribution in [1.29, 1.82) is 0 Å². The van der Waals surface area contributed by atoms with E-state index < -0.39 is 0 Å². The van der Waals surface area contributed by atoms with Crippen LogP contribution in [0.25, 0.3) is 0 Å². The Bertz CT molecular complexity index is 955. The van der Waals surface area contributed by atoms with E-state index in [0.29, 0.717) is 27.5 Å². The average molecular weight is 365 g/mol. The van der Waals surface area contributed by atoms with Gasteiger partial charge in [-0.25, -0.2) is 0 Å². The van der Waals surface area contributed by atoms with Crippen LogP contribution in [0.4, 0.5) is 11.4 Å². The average Bonchev–Trinajstić information content (AvgIpc) is 2.65. The minimum absolute atomic E-state index is 0.208. The smallest absolute Gasteiger partial charge is 0.255 e. The van der Waals surface area contributed by atoms with Crippen molar-refractivity contribution in [3.63, 3.8) is 0 Å². The van der Waals surface area contributed by atoms with Gasteiger partial charge in [-0.1, -0.05) is 48.0 Å². The summed E-state index contributed by atoms with van der Waals surface area (Å²) in [5.41, 5.74) is 3.07. The second-order valence-electron chi connectivity index (χ2n) is 5.78. The molecule has 0 fully saturated rings. The van der Waals surface area contributed by atoms with Gasteiger partial charge >= 0.3 is 0 Å². The molecule has 0 spiro atoms. The number of benzene rings is 3. The molecule has 4 nitrogen and oxygen atoms in total. The van der Waals surface area contributed by atoms with Gasteiger partial charge in [0.25, 0.3) is 11.8 Å². The second kappa shape index (κ2) is 7.85. The Balaban J connectivity index is 1.72. The van der Waals surface area contributed by atoms with Gasteiger partial charge < -0.3 is 10.6 Å². The predicted molar refractivity (Wildman–Crippen MR) is 105 cm³/mol. The number of carbonyl (C=O) groups excluding carboxylic acids is 2. The van der Waals surface area contributed by atoms with Crippen molar-refractivity contribution in [1.82, 2.24) is 0 Å². The first-order chi connectivity index (χ1) is 12.5. The van der Waals surface area contributed by atoms with Gasteiger partial charge in [-0.05, 0) is 48.9 Å². The van der Waals surface area contributed by atoms with Gasteiger partial charge in [-0.15, -0.1) is 0 Å². The van der Waals surface area contributed by atoms with Gasteiger partial charge in [-0.3, -0.25) is 9.59 Å². The molecule has 0 radical (unpaired) electrons. The van der Waals surface area contributed by atoms with E-state index in [1.807, 2.05) is 31.2 Å². The van der Waals surface area contributed by atoms with Crippen LogP contribution in [0.15, 0.2) is 72.8 Å². The zero-order chi connectivity index (χ0) is 18.5. The molecule has 3 rings (SSSR count). The van der Waals surface area contributed by atoms with Crippen LogP contribution in [0.1, 0.15) is 26.3 Å². The molecule has 0 unspecified atom stereocenters. The van der Waals surface area contributed by atoms with Gasteiger partial charge in [-0.2, -0.15) is 0 Å². The van der Waals surface area contributed by atoms with Gasteiger partial charge in [0.15, 0.2) is 0 Å². The molecule has 0 aliphatic heterocycles. The number of aryl methyl sites for hydroxylation is 1. The van der Waals surface area contributed by atoms with Crippen LogP contribution in [-0.2, 0) is 0 Å². The first-order valence-corrected chi connectivity index (χ1v) is 8.45. The number of carbonyl (C=O) groups is 2. The lowest BCUT2D eigenvalue weighted by molar-refractivity contribution is 0.101. The third-order valence-electron chi connectivity index (χ3n) is 3.90. The van der Waals surface area contributed by atoms with Gasteiger partial charge in [0.1, 0.15) is 0 Å².